The van der Waals surface area contributed by atoms with Crippen molar-refractivity contribution in [1.82, 2.24) is 0 Å². The third kappa shape index (κ3) is 8.89. The zero-order chi connectivity index (χ0) is 41.8. The number of carboxylic acids is 1. The predicted molar refractivity (Wildman–Crippen MR) is 215 cm³/mol. The molecule has 0 unspecified atom stereocenters. The number of rotatable bonds is 13. The molecule has 17 heteroatoms. The molecule has 58 heavy (non-hydrogen) atoms. The maximum Gasteiger partial charge on any atom is 0.347 e. The summed E-state index contributed by atoms with van der Waals surface area (Å²) in [5.74, 6) is -4.20. The number of carbonyl (C=O) groups is 3. The molecule has 14 nitrogen and oxygen atoms in total. The van der Waals surface area contributed by atoms with Crippen LogP contribution in [-0.2, 0) is 24.8 Å². The van der Waals surface area contributed by atoms with E-state index in [1.54, 1.807) is 48.5 Å². The number of aromatic hydroxyl groups is 1. The van der Waals surface area contributed by atoms with Crippen molar-refractivity contribution < 1.29 is 55.6 Å². The van der Waals surface area contributed by atoms with Crippen LogP contribution in [0.15, 0.2) is 137 Å². The Morgan fingerprint density at radius 3 is 1.76 bits per heavy atom. The van der Waals surface area contributed by atoms with Crippen LogP contribution in [0.3, 0.4) is 0 Å². The summed E-state index contributed by atoms with van der Waals surface area (Å²) >= 11 is 6.16. The zero-order valence-electron chi connectivity index (χ0n) is 30.3. The lowest BCUT2D eigenvalue weighted by Crippen LogP contribution is -2.15. The first-order valence-corrected chi connectivity index (χ1v) is 20.1. The first kappa shape index (κ1) is 40.8. The normalized spacial score (nSPS) is 11.3. The fraction of sp³-hybridized carbons (Fsp3) is 0.0488. The second kappa shape index (κ2) is 16.7. The van der Waals surface area contributed by atoms with Crippen LogP contribution >= 0.6 is 11.6 Å². The molecule has 6 aromatic rings. The van der Waals surface area contributed by atoms with Gasteiger partial charge in [-0.05, 0) is 89.5 Å². The van der Waals surface area contributed by atoms with Crippen molar-refractivity contribution in [2.75, 3.05) is 23.7 Å². The van der Waals surface area contributed by atoms with Crippen molar-refractivity contribution in [3.8, 4) is 39.5 Å². The van der Waals surface area contributed by atoms with Crippen LogP contribution in [-0.4, -0.2) is 59.2 Å². The fourth-order valence-corrected chi connectivity index (χ4v) is 8.15. The van der Waals surface area contributed by atoms with Gasteiger partial charge < -0.3 is 24.4 Å². The summed E-state index contributed by atoms with van der Waals surface area (Å²) in [5, 5.41) is 21.0. The number of nitrogens with one attached hydrogen (secondary N) is 2. The van der Waals surface area contributed by atoms with Crippen molar-refractivity contribution >= 4 is 60.9 Å². The summed E-state index contributed by atoms with van der Waals surface area (Å²) in [6.07, 6.45) is 0. The van der Waals surface area contributed by atoms with E-state index >= 15 is 0 Å². The van der Waals surface area contributed by atoms with Gasteiger partial charge in [0.05, 0.1) is 40.9 Å². The van der Waals surface area contributed by atoms with E-state index < -0.39 is 60.6 Å². The Morgan fingerprint density at radius 1 is 0.586 bits per heavy atom. The molecule has 0 aliphatic carbocycles. The Balaban J connectivity index is 1.21. The fourth-order valence-electron chi connectivity index (χ4n) is 5.79. The van der Waals surface area contributed by atoms with E-state index in [9.17, 15) is 41.4 Å². The summed E-state index contributed by atoms with van der Waals surface area (Å²) in [7, 11) is -5.89. The average Bonchev–Trinajstić information content (AvgIpc) is 3.20. The predicted octanol–water partition coefficient (Wildman–Crippen LogP) is 7.69. The van der Waals surface area contributed by atoms with Crippen molar-refractivity contribution in [1.29, 1.82) is 0 Å². The van der Waals surface area contributed by atoms with Gasteiger partial charge in [-0.15, -0.1) is 0 Å². The number of benzene rings is 6. The Kier molecular flexibility index (Phi) is 11.7. The zero-order valence-corrected chi connectivity index (χ0v) is 32.7. The van der Waals surface area contributed by atoms with Gasteiger partial charge in [-0.2, -0.15) is 0 Å². The van der Waals surface area contributed by atoms with Gasteiger partial charge in [0.15, 0.2) is 0 Å². The number of halogens is 1. The van der Waals surface area contributed by atoms with Crippen molar-refractivity contribution in [3.05, 3.63) is 149 Å². The minimum absolute atomic E-state index is 0.125. The second-order valence-electron chi connectivity index (χ2n) is 12.3. The van der Waals surface area contributed by atoms with Crippen LogP contribution in [0, 0.1) is 0 Å². The molecule has 296 valence electrons. The molecule has 0 aromatic heterocycles. The molecule has 0 aliphatic heterocycles. The number of hydrogen-bond acceptors (Lipinski definition) is 11. The third-order valence-electron chi connectivity index (χ3n) is 8.54. The quantitative estimate of drug-likeness (QED) is 0.0651. The first-order valence-electron chi connectivity index (χ1n) is 16.8. The summed E-state index contributed by atoms with van der Waals surface area (Å²) in [6, 6.07) is 29.4. The van der Waals surface area contributed by atoms with Crippen LogP contribution < -0.4 is 18.9 Å². The van der Waals surface area contributed by atoms with Crippen LogP contribution in [0.1, 0.15) is 31.1 Å². The van der Waals surface area contributed by atoms with Crippen molar-refractivity contribution in [3.63, 3.8) is 0 Å². The molecular weight excluding hydrogens is 812 g/mol. The van der Waals surface area contributed by atoms with E-state index in [2.05, 4.69) is 9.44 Å². The SMILES string of the molecule is COC(=O)c1ccccc1-c1cccc(S(=O)(=O)Nc2ccc(C(=O)O)c(OC(=O)c3ccc(NS(=O)(=O)c4cccc(-c5cc(Cl)ccc5OC)c4)cc3O)c2)c1. The van der Waals surface area contributed by atoms with Crippen molar-refractivity contribution in [2.24, 2.45) is 0 Å². The molecule has 0 fully saturated rings. The number of aromatic carboxylic acids is 1. The van der Waals surface area contributed by atoms with E-state index in [0.29, 0.717) is 33.0 Å². The van der Waals surface area contributed by atoms with Gasteiger partial charge in [-0.3, -0.25) is 9.44 Å². The maximum atomic E-state index is 13.5. The molecular formula is C41H31ClN2O12S2. The van der Waals surface area contributed by atoms with Gasteiger partial charge in [0.2, 0.25) is 0 Å². The number of carbonyl (C=O) groups excluding carboxylic acids is 2. The summed E-state index contributed by atoms with van der Waals surface area (Å²) in [6.45, 7) is 0. The molecule has 0 aliphatic rings. The Hall–Kier alpha value is -6.88. The highest BCUT2D eigenvalue weighted by Gasteiger charge is 2.24. The second-order valence-corrected chi connectivity index (χ2v) is 16.1. The third-order valence-corrected chi connectivity index (χ3v) is 11.5. The summed E-state index contributed by atoms with van der Waals surface area (Å²) in [4.78, 5) is 37.3. The molecule has 0 bridgehead atoms. The van der Waals surface area contributed by atoms with Gasteiger partial charge in [-0.1, -0.05) is 54.1 Å². The molecule has 0 spiro atoms. The monoisotopic (exact) mass is 842 g/mol. The standard InChI is InChI=1S/C41H31ClN2O12S2/c1-54-37-18-13-26(42)21-35(37)25-8-6-10-30(20-25)57(50,51)43-27-14-16-33(36(45)22-27)41(49)56-38-23-28(15-17-34(38)39(46)47)44-58(52,53)29-9-5-7-24(19-29)31-11-3-4-12-32(31)40(48)55-2/h3-23,43-45H,1-2H3,(H,46,47). The number of ether oxygens (including phenoxy) is 3. The van der Waals surface area contributed by atoms with Crippen LogP contribution in [0.4, 0.5) is 11.4 Å². The van der Waals surface area contributed by atoms with Gasteiger partial charge in [0.1, 0.15) is 28.4 Å². The van der Waals surface area contributed by atoms with Gasteiger partial charge in [0, 0.05) is 22.7 Å². The number of hydrogen-bond donors (Lipinski definition) is 4. The lowest BCUT2D eigenvalue weighted by atomic mass is 10.00. The van der Waals surface area contributed by atoms with E-state index in [0.717, 1.165) is 30.3 Å². The lowest BCUT2D eigenvalue weighted by Gasteiger charge is -2.14. The highest BCUT2D eigenvalue weighted by molar-refractivity contribution is 7.93. The molecule has 6 aromatic carbocycles. The van der Waals surface area contributed by atoms with Gasteiger partial charge >= 0.3 is 17.9 Å². The largest absolute Gasteiger partial charge is 0.507 e. The minimum Gasteiger partial charge on any atom is -0.507 e. The van der Waals surface area contributed by atoms with Crippen LogP contribution in [0.25, 0.3) is 22.3 Å². The van der Waals surface area contributed by atoms with Crippen molar-refractivity contribution in [2.45, 2.75) is 9.79 Å². The number of phenolic OH excluding ortho intramolecular Hbond substituents is 1. The molecule has 0 saturated heterocycles. The highest BCUT2D eigenvalue weighted by atomic mass is 35.5. The molecule has 0 heterocycles. The van der Waals surface area contributed by atoms with Gasteiger partial charge in [0.25, 0.3) is 20.0 Å². The first-order chi connectivity index (χ1) is 27.6. The minimum atomic E-state index is -4.34. The summed E-state index contributed by atoms with van der Waals surface area (Å²) in [5.41, 5.74) is 0.774. The highest BCUT2D eigenvalue weighted by Crippen LogP contribution is 2.35. The average molecular weight is 843 g/mol. The number of esters is 2. The number of phenols is 1. The van der Waals surface area contributed by atoms with Crippen LogP contribution in [0.5, 0.6) is 17.2 Å². The Labute approximate surface area is 337 Å². The lowest BCUT2D eigenvalue weighted by molar-refractivity contribution is 0.0599. The molecule has 0 radical (unpaired) electrons. The Bertz CT molecular complexity index is 2830. The summed E-state index contributed by atoms with van der Waals surface area (Å²) < 4.78 is 74.0. The molecule has 0 amide bonds. The number of methoxy groups -OCH3 is 2. The van der Waals surface area contributed by atoms with Gasteiger partial charge in [-0.25, -0.2) is 31.2 Å². The molecule has 4 N–H and O–H groups in total. The van der Waals surface area contributed by atoms with E-state index in [4.69, 9.17) is 25.8 Å². The smallest absolute Gasteiger partial charge is 0.347 e. The molecule has 6 rings (SSSR count). The van der Waals surface area contributed by atoms with E-state index in [1.165, 1.54) is 62.8 Å². The number of sulfonamides is 2. The molecule has 0 atom stereocenters. The number of anilines is 2. The molecule has 0 saturated carbocycles. The maximum absolute atomic E-state index is 13.5. The van der Waals surface area contributed by atoms with Crippen LogP contribution in [0.2, 0.25) is 5.02 Å². The van der Waals surface area contributed by atoms with E-state index in [-0.39, 0.29) is 26.7 Å². The van der Waals surface area contributed by atoms with E-state index in [1.807, 2.05) is 0 Å². The number of carboxylic acid groups (broad SMARTS) is 1. The Morgan fingerprint density at radius 2 is 1.17 bits per heavy atom. The topological polar surface area (TPSA) is 212 Å².